The molecule has 96 valence electrons. The summed E-state index contributed by atoms with van der Waals surface area (Å²) in [4.78, 5) is 0. The molecule has 0 radical (unpaired) electrons. The standard InChI is InChI=1S/C14H25N3/c1-14(2,3)12-9-13(15)17(16(12)4)10-11-7-5-6-8-11/h9,11,15H,5-8,10H2,1-4H3. The van der Waals surface area contributed by atoms with Crippen molar-refractivity contribution in [1.82, 2.24) is 9.36 Å². The van der Waals surface area contributed by atoms with E-state index in [0.29, 0.717) is 5.49 Å². The van der Waals surface area contributed by atoms with Crippen LogP contribution in [0.3, 0.4) is 0 Å². The van der Waals surface area contributed by atoms with E-state index in [4.69, 9.17) is 5.41 Å². The van der Waals surface area contributed by atoms with Crippen LogP contribution in [0.4, 0.5) is 0 Å². The summed E-state index contributed by atoms with van der Waals surface area (Å²) in [6, 6.07) is 2.02. The maximum Gasteiger partial charge on any atom is 0.141 e. The minimum atomic E-state index is 0.117. The molecule has 1 aliphatic carbocycles. The molecule has 0 unspecified atom stereocenters. The number of rotatable bonds is 2. The Bertz CT molecular complexity index is 439. The van der Waals surface area contributed by atoms with Crippen LogP contribution < -0.4 is 5.49 Å². The zero-order chi connectivity index (χ0) is 12.6. The SMILES string of the molecule is Cn1c(C(C)(C)C)cc(=N)n1CC1CCCC1. The summed E-state index contributed by atoms with van der Waals surface area (Å²) in [6.45, 7) is 7.65. The third-order valence-electron chi connectivity index (χ3n) is 3.94. The highest BCUT2D eigenvalue weighted by atomic mass is 15.4. The zero-order valence-corrected chi connectivity index (χ0v) is 11.6. The van der Waals surface area contributed by atoms with Crippen molar-refractivity contribution in [2.75, 3.05) is 0 Å². The summed E-state index contributed by atoms with van der Waals surface area (Å²) in [5, 5.41) is 8.12. The average Bonchev–Trinajstić information content (AvgIpc) is 2.80. The highest BCUT2D eigenvalue weighted by Gasteiger charge is 2.22. The summed E-state index contributed by atoms with van der Waals surface area (Å²) >= 11 is 0. The molecule has 1 N–H and O–H groups in total. The van der Waals surface area contributed by atoms with Crippen molar-refractivity contribution in [3.8, 4) is 0 Å². The monoisotopic (exact) mass is 235 g/mol. The van der Waals surface area contributed by atoms with Crippen molar-refractivity contribution in [1.29, 1.82) is 5.41 Å². The molecule has 3 heteroatoms. The maximum absolute atomic E-state index is 8.12. The number of hydrogen-bond acceptors (Lipinski definition) is 1. The lowest BCUT2D eigenvalue weighted by molar-refractivity contribution is 0.361. The van der Waals surface area contributed by atoms with E-state index in [1.165, 1.54) is 31.4 Å². The predicted molar refractivity (Wildman–Crippen MR) is 69.9 cm³/mol. The fourth-order valence-electron chi connectivity index (χ4n) is 2.95. The largest absolute Gasteiger partial charge is 0.291 e. The van der Waals surface area contributed by atoms with E-state index in [-0.39, 0.29) is 5.41 Å². The summed E-state index contributed by atoms with van der Waals surface area (Å²) < 4.78 is 4.32. The van der Waals surface area contributed by atoms with E-state index < -0.39 is 0 Å². The van der Waals surface area contributed by atoms with Crippen LogP contribution >= 0.6 is 0 Å². The van der Waals surface area contributed by atoms with Crippen LogP contribution in [0.2, 0.25) is 0 Å². The molecule has 17 heavy (non-hydrogen) atoms. The van der Waals surface area contributed by atoms with Crippen molar-refractivity contribution in [3.63, 3.8) is 0 Å². The molecule has 0 amide bonds. The molecule has 0 bridgehead atoms. The predicted octanol–water partition coefficient (Wildman–Crippen LogP) is 2.79. The number of nitrogens with zero attached hydrogens (tertiary/aromatic N) is 2. The van der Waals surface area contributed by atoms with Gasteiger partial charge in [-0.05, 0) is 18.8 Å². The minimum Gasteiger partial charge on any atom is -0.291 e. The third kappa shape index (κ3) is 2.48. The highest BCUT2D eigenvalue weighted by molar-refractivity contribution is 5.11. The van der Waals surface area contributed by atoms with Crippen molar-refractivity contribution < 1.29 is 0 Å². The Balaban J connectivity index is 2.28. The first-order chi connectivity index (χ1) is 7.89. The molecular formula is C14H25N3. The van der Waals surface area contributed by atoms with E-state index in [1.807, 2.05) is 6.07 Å². The first kappa shape index (κ1) is 12.5. The molecule has 1 aromatic rings. The molecule has 0 saturated heterocycles. The van der Waals surface area contributed by atoms with E-state index in [1.54, 1.807) is 0 Å². The van der Waals surface area contributed by atoms with Gasteiger partial charge in [0.15, 0.2) is 0 Å². The lowest BCUT2D eigenvalue weighted by Gasteiger charge is -2.21. The third-order valence-corrected chi connectivity index (χ3v) is 3.94. The Kier molecular flexibility index (Phi) is 3.19. The maximum atomic E-state index is 8.12. The zero-order valence-electron chi connectivity index (χ0n) is 11.6. The summed E-state index contributed by atoms with van der Waals surface area (Å²) in [7, 11) is 2.09. The van der Waals surface area contributed by atoms with Crippen LogP contribution in [0, 0.1) is 11.3 Å². The molecule has 1 aromatic heterocycles. The van der Waals surface area contributed by atoms with E-state index >= 15 is 0 Å². The second-order valence-electron chi connectivity index (χ2n) is 6.42. The Hall–Kier alpha value is -0.990. The Labute approximate surface area is 104 Å². The van der Waals surface area contributed by atoms with Gasteiger partial charge in [0, 0.05) is 30.8 Å². The smallest absolute Gasteiger partial charge is 0.141 e. The van der Waals surface area contributed by atoms with Crippen molar-refractivity contribution in [3.05, 3.63) is 17.2 Å². The van der Waals surface area contributed by atoms with Crippen LogP contribution in [0.15, 0.2) is 6.07 Å². The van der Waals surface area contributed by atoms with Gasteiger partial charge in [0.1, 0.15) is 5.49 Å². The Morgan fingerprint density at radius 2 is 1.88 bits per heavy atom. The quantitative estimate of drug-likeness (QED) is 0.818. The minimum absolute atomic E-state index is 0.117. The van der Waals surface area contributed by atoms with Crippen molar-refractivity contribution in [2.45, 2.75) is 58.4 Å². The molecule has 0 spiro atoms. The molecule has 0 aliphatic heterocycles. The molecular weight excluding hydrogens is 210 g/mol. The van der Waals surface area contributed by atoms with Gasteiger partial charge in [-0.3, -0.25) is 14.8 Å². The van der Waals surface area contributed by atoms with Gasteiger partial charge < -0.3 is 0 Å². The molecule has 2 rings (SSSR count). The van der Waals surface area contributed by atoms with Gasteiger partial charge in [-0.1, -0.05) is 33.6 Å². The molecule has 1 heterocycles. The first-order valence-corrected chi connectivity index (χ1v) is 6.71. The van der Waals surface area contributed by atoms with Gasteiger partial charge in [-0.25, -0.2) is 0 Å². The van der Waals surface area contributed by atoms with Crippen LogP contribution in [0.25, 0.3) is 0 Å². The second-order valence-corrected chi connectivity index (χ2v) is 6.42. The molecule has 1 aliphatic rings. The van der Waals surface area contributed by atoms with Gasteiger partial charge in [-0.15, -0.1) is 0 Å². The van der Waals surface area contributed by atoms with Crippen molar-refractivity contribution in [2.24, 2.45) is 13.0 Å². The second kappa shape index (κ2) is 4.35. The van der Waals surface area contributed by atoms with Crippen LogP contribution in [0.1, 0.15) is 52.1 Å². The van der Waals surface area contributed by atoms with Gasteiger partial charge in [0.2, 0.25) is 0 Å². The van der Waals surface area contributed by atoms with Crippen LogP contribution in [0.5, 0.6) is 0 Å². The summed E-state index contributed by atoms with van der Waals surface area (Å²) in [5.74, 6) is 0.783. The van der Waals surface area contributed by atoms with E-state index in [9.17, 15) is 0 Å². The Morgan fingerprint density at radius 1 is 1.29 bits per heavy atom. The summed E-state index contributed by atoms with van der Waals surface area (Å²) in [6.07, 6.45) is 5.41. The number of hydrogen-bond donors (Lipinski definition) is 1. The van der Waals surface area contributed by atoms with Gasteiger partial charge in [0.25, 0.3) is 0 Å². The normalized spacial score (nSPS) is 17.9. The van der Waals surface area contributed by atoms with Crippen molar-refractivity contribution >= 4 is 0 Å². The number of nitrogens with one attached hydrogen (secondary N) is 1. The fourth-order valence-corrected chi connectivity index (χ4v) is 2.95. The average molecular weight is 235 g/mol. The Morgan fingerprint density at radius 3 is 2.35 bits per heavy atom. The van der Waals surface area contributed by atoms with Gasteiger partial charge >= 0.3 is 0 Å². The van der Waals surface area contributed by atoms with Gasteiger partial charge in [-0.2, -0.15) is 0 Å². The molecule has 1 fully saturated rings. The lowest BCUT2D eigenvalue weighted by atomic mass is 9.92. The van der Waals surface area contributed by atoms with Crippen LogP contribution in [-0.4, -0.2) is 9.36 Å². The summed E-state index contributed by atoms with van der Waals surface area (Å²) in [5.41, 5.74) is 2.02. The molecule has 0 atom stereocenters. The fraction of sp³-hybridized carbons (Fsp3) is 0.786. The van der Waals surface area contributed by atoms with E-state index in [2.05, 4.69) is 37.2 Å². The lowest BCUT2D eigenvalue weighted by Crippen LogP contribution is -2.26. The molecule has 3 nitrogen and oxygen atoms in total. The van der Waals surface area contributed by atoms with Crippen LogP contribution in [-0.2, 0) is 19.0 Å². The molecule has 1 saturated carbocycles. The first-order valence-electron chi connectivity index (χ1n) is 6.71. The highest BCUT2D eigenvalue weighted by Crippen LogP contribution is 2.26. The van der Waals surface area contributed by atoms with E-state index in [0.717, 1.165) is 12.5 Å². The molecule has 0 aromatic carbocycles. The topological polar surface area (TPSA) is 33.7 Å². The van der Waals surface area contributed by atoms with Gasteiger partial charge in [0.05, 0.1) is 0 Å². The number of aromatic nitrogens is 2.